The summed E-state index contributed by atoms with van der Waals surface area (Å²) in [7, 11) is 0. The number of rotatable bonds is 3. The zero-order valence-corrected chi connectivity index (χ0v) is 8.05. The molecule has 2 rings (SSSR count). The molecule has 1 aliphatic carbocycles. The van der Waals surface area contributed by atoms with Crippen molar-refractivity contribution >= 4 is 0 Å². The Kier molecular flexibility index (Phi) is 2.36. The maximum Gasteiger partial charge on any atom is 0.195 e. The van der Waals surface area contributed by atoms with E-state index in [-0.39, 0.29) is 0 Å². The fourth-order valence-electron chi connectivity index (χ4n) is 1.76. The third-order valence-electron chi connectivity index (χ3n) is 2.73. The second-order valence-corrected chi connectivity index (χ2v) is 3.72. The van der Waals surface area contributed by atoms with Crippen LogP contribution in [0.2, 0.25) is 0 Å². The molecule has 13 heavy (non-hydrogen) atoms. The van der Waals surface area contributed by atoms with E-state index >= 15 is 0 Å². The summed E-state index contributed by atoms with van der Waals surface area (Å²) in [5, 5.41) is 0. The molecule has 0 amide bonds. The topological polar surface area (TPSA) is 52.0 Å². The molecule has 0 saturated heterocycles. The molecule has 0 aromatic carbocycles. The van der Waals surface area contributed by atoms with Gasteiger partial charge >= 0.3 is 0 Å². The van der Waals surface area contributed by atoms with Crippen LogP contribution in [0, 0.1) is 6.92 Å². The van der Waals surface area contributed by atoms with Crippen LogP contribution in [0.1, 0.15) is 42.5 Å². The Balaban J connectivity index is 2.15. The molecule has 0 aliphatic heterocycles. The van der Waals surface area contributed by atoms with E-state index < -0.39 is 0 Å². The minimum Gasteiger partial charge on any atom is -0.446 e. The first-order valence-electron chi connectivity index (χ1n) is 4.97. The first-order chi connectivity index (χ1) is 6.31. The van der Waals surface area contributed by atoms with E-state index in [4.69, 9.17) is 10.2 Å². The zero-order chi connectivity index (χ0) is 9.26. The van der Waals surface area contributed by atoms with Crippen LogP contribution < -0.4 is 5.73 Å². The molecule has 1 heterocycles. The molecule has 1 aromatic heterocycles. The summed E-state index contributed by atoms with van der Waals surface area (Å²) in [4.78, 5) is 4.47. The summed E-state index contributed by atoms with van der Waals surface area (Å²) in [6, 6.07) is 0. The number of aryl methyl sites for hydroxylation is 1. The second-order valence-electron chi connectivity index (χ2n) is 3.72. The van der Waals surface area contributed by atoms with Crippen LogP contribution in [-0.2, 0) is 6.42 Å². The van der Waals surface area contributed by atoms with Gasteiger partial charge in [-0.1, -0.05) is 6.42 Å². The Labute approximate surface area is 78.3 Å². The van der Waals surface area contributed by atoms with Gasteiger partial charge in [0.05, 0.1) is 5.69 Å². The zero-order valence-electron chi connectivity index (χ0n) is 8.05. The molecule has 0 spiro atoms. The van der Waals surface area contributed by atoms with Gasteiger partial charge in [0.25, 0.3) is 0 Å². The van der Waals surface area contributed by atoms with Gasteiger partial charge in [0, 0.05) is 18.9 Å². The Morgan fingerprint density at radius 2 is 2.31 bits per heavy atom. The van der Waals surface area contributed by atoms with E-state index in [9.17, 15) is 0 Å². The van der Waals surface area contributed by atoms with Crippen molar-refractivity contribution < 1.29 is 4.42 Å². The molecule has 0 unspecified atom stereocenters. The standard InChI is InChI=1S/C10H16N2O/c1-7-10(8-3-2-4-8)12-9(13-7)5-6-11/h8H,2-6,11H2,1H3. The van der Waals surface area contributed by atoms with E-state index in [2.05, 4.69) is 4.98 Å². The van der Waals surface area contributed by atoms with Gasteiger partial charge in [-0.25, -0.2) is 4.98 Å². The lowest BCUT2D eigenvalue weighted by Gasteiger charge is -2.23. The lowest BCUT2D eigenvalue weighted by Crippen LogP contribution is -2.10. The third kappa shape index (κ3) is 1.61. The first kappa shape index (κ1) is 8.75. The van der Waals surface area contributed by atoms with Crippen molar-refractivity contribution in [1.29, 1.82) is 0 Å². The molecule has 1 fully saturated rings. The molecular weight excluding hydrogens is 164 g/mol. The number of hydrogen-bond donors (Lipinski definition) is 1. The largest absolute Gasteiger partial charge is 0.446 e. The van der Waals surface area contributed by atoms with E-state index in [1.54, 1.807) is 0 Å². The smallest absolute Gasteiger partial charge is 0.195 e. The number of oxazole rings is 1. The highest BCUT2D eigenvalue weighted by Crippen LogP contribution is 2.37. The molecule has 1 aromatic rings. The Hall–Kier alpha value is -0.830. The molecule has 0 radical (unpaired) electrons. The van der Waals surface area contributed by atoms with Crippen molar-refractivity contribution in [2.24, 2.45) is 5.73 Å². The third-order valence-corrected chi connectivity index (χ3v) is 2.73. The van der Waals surface area contributed by atoms with Crippen molar-refractivity contribution in [1.82, 2.24) is 4.98 Å². The minimum absolute atomic E-state index is 0.615. The van der Waals surface area contributed by atoms with Crippen molar-refractivity contribution in [2.75, 3.05) is 6.54 Å². The van der Waals surface area contributed by atoms with Gasteiger partial charge in [0.15, 0.2) is 5.89 Å². The average Bonchev–Trinajstić information content (AvgIpc) is 2.30. The number of aromatic nitrogens is 1. The summed E-state index contributed by atoms with van der Waals surface area (Å²) in [6.07, 6.45) is 4.64. The van der Waals surface area contributed by atoms with Crippen molar-refractivity contribution in [3.63, 3.8) is 0 Å². The molecule has 2 N–H and O–H groups in total. The summed E-state index contributed by atoms with van der Waals surface area (Å²) in [5.41, 5.74) is 6.62. The van der Waals surface area contributed by atoms with Gasteiger partial charge in [0.1, 0.15) is 5.76 Å². The maximum absolute atomic E-state index is 5.52. The van der Waals surface area contributed by atoms with Crippen LogP contribution in [0.5, 0.6) is 0 Å². The van der Waals surface area contributed by atoms with Crippen LogP contribution in [0.15, 0.2) is 4.42 Å². The minimum atomic E-state index is 0.615. The van der Waals surface area contributed by atoms with E-state index in [1.165, 1.54) is 25.0 Å². The molecule has 3 nitrogen and oxygen atoms in total. The van der Waals surface area contributed by atoms with E-state index in [0.29, 0.717) is 12.5 Å². The van der Waals surface area contributed by atoms with Gasteiger partial charge < -0.3 is 10.2 Å². The molecule has 3 heteroatoms. The molecule has 1 saturated carbocycles. The lowest BCUT2D eigenvalue weighted by molar-refractivity contribution is 0.405. The van der Waals surface area contributed by atoms with E-state index in [1.807, 2.05) is 6.92 Å². The highest BCUT2D eigenvalue weighted by molar-refractivity contribution is 5.16. The molecule has 0 atom stereocenters. The fraction of sp³-hybridized carbons (Fsp3) is 0.700. The SMILES string of the molecule is Cc1oc(CCN)nc1C1CCC1. The van der Waals surface area contributed by atoms with Gasteiger partial charge in [-0.3, -0.25) is 0 Å². The number of nitrogens with zero attached hydrogens (tertiary/aromatic N) is 1. The quantitative estimate of drug-likeness (QED) is 0.771. The predicted molar refractivity (Wildman–Crippen MR) is 50.6 cm³/mol. The normalized spacial score (nSPS) is 17.4. The summed E-state index contributed by atoms with van der Waals surface area (Å²) < 4.78 is 5.52. The van der Waals surface area contributed by atoms with Gasteiger partial charge in [0.2, 0.25) is 0 Å². The van der Waals surface area contributed by atoms with Gasteiger partial charge in [-0.05, 0) is 19.8 Å². The highest BCUT2D eigenvalue weighted by Gasteiger charge is 2.25. The Bertz CT molecular complexity index is 289. The van der Waals surface area contributed by atoms with Gasteiger partial charge in [-0.15, -0.1) is 0 Å². The molecular formula is C10H16N2O. The molecule has 72 valence electrons. The monoisotopic (exact) mass is 180 g/mol. The first-order valence-corrected chi connectivity index (χ1v) is 4.97. The summed E-state index contributed by atoms with van der Waals surface area (Å²) in [5.74, 6) is 2.46. The summed E-state index contributed by atoms with van der Waals surface area (Å²) in [6.45, 7) is 2.62. The average molecular weight is 180 g/mol. The molecule has 0 bridgehead atoms. The van der Waals surface area contributed by atoms with Gasteiger partial charge in [-0.2, -0.15) is 0 Å². The number of hydrogen-bond acceptors (Lipinski definition) is 3. The highest BCUT2D eigenvalue weighted by atomic mass is 16.4. The van der Waals surface area contributed by atoms with Crippen molar-refractivity contribution in [3.8, 4) is 0 Å². The van der Waals surface area contributed by atoms with Crippen LogP contribution in [-0.4, -0.2) is 11.5 Å². The van der Waals surface area contributed by atoms with Crippen LogP contribution in [0.3, 0.4) is 0 Å². The molecule has 1 aliphatic rings. The van der Waals surface area contributed by atoms with Crippen molar-refractivity contribution in [3.05, 3.63) is 17.3 Å². The maximum atomic E-state index is 5.52. The van der Waals surface area contributed by atoms with Crippen LogP contribution in [0.4, 0.5) is 0 Å². The predicted octanol–water partition coefficient (Wildman–Crippen LogP) is 1.75. The Morgan fingerprint density at radius 3 is 2.85 bits per heavy atom. The summed E-state index contributed by atoms with van der Waals surface area (Å²) >= 11 is 0. The Morgan fingerprint density at radius 1 is 1.54 bits per heavy atom. The van der Waals surface area contributed by atoms with Crippen LogP contribution >= 0.6 is 0 Å². The number of nitrogens with two attached hydrogens (primary N) is 1. The van der Waals surface area contributed by atoms with Crippen LogP contribution in [0.25, 0.3) is 0 Å². The second kappa shape index (κ2) is 3.50. The van der Waals surface area contributed by atoms with Crippen molar-refractivity contribution in [2.45, 2.75) is 38.5 Å². The van der Waals surface area contributed by atoms with E-state index in [0.717, 1.165) is 18.1 Å². The lowest BCUT2D eigenvalue weighted by atomic mass is 9.82. The fourth-order valence-corrected chi connectivity index (χ4v) is 1.76.